The number of fused-ring (bicyclic) bond motifs is 2. The van der Waals surface area contributed by atoms with Crippen molar-refractivity contribution >= 4 is 74.2 Å². The van der Waals surface area contributed by atoms with Crippen LogP contribution in [0.2, 0.25) is 0 Å². The second kappa shape index (κ2) is 9.51. The molecule has 1 aromatic heterocycles. The SMILES string of the molecule is O=C(O)[C@@H]1CS[C@H](c2ccc(Sc3nc4ccc(N5C(=O)c6ccccc6C5=O)cc4s3)c([N+](=O)[O-])c2)N1. The van der Waals surface area contributed by atoms with E-state index in [9.17, 15) is 29.6 Å². The molecule has 0 radical (unpaired) electrons. The number of nitro groups is 1. The molecule has 6 rings (SSSR count). The van der Waals surface area contributed by atoms with E-state index in [0.717, 1.165) is 21.4 Å². The Morgan fingerprint density at radius 3 is 2.50 bits per heavy atom. The maximum absolute atomic E-state index is 12.9. The Kier molecular flexibility index (Phi) is 6.14. The molecule has 1 saturated heterocycles. The number of carbonyl (C=O) groups excluding carboxylic acids is 2. The number of hydrogen-bond donors (Lipinski definition) is 2. The number of nitrogens with one attached hydrogen (secondary N) is 1. The number of aliphatic carboxylic acids is 1. The first-order valence-corrected chi connectivity index (χ1v) is 13.9. The van der Waals surface area contributed by atoms with Crippen LogP contribution in [0, 0.1) is 10.1 Å². The second-order valence-electron chi connectivity index (χ2n) is 8.48. The lowest BCUT2D eigenvalue weighted by Gasteiger charge is -2.13. The molecule has 0 saturated carbocycles. The minimum atomic E-state index is -0.955. The molecule has 2 aliphatic heterocycles. The van der Waals surface area contributed by atoms with Crippen LogP contribution in [0.3, 0.4) is 0 Å². The number of thioether (sulfide) groups is 1. The first-order chi connectivity index (χ1) is 18.3. The summed E-state index contributed by atoms with van der Waals surface area (Å²) in [6.07, 6.45) is 0. The molecule has 0 aliphatic carbocycles. The Labute approximate surface area is 227 Å². The van der Waals surface area contributed by atoms with Crippen LogP contribution in [0.4, 0.5) is 11.4 Å². The van der Waals surface area contributed by atoms with Crippen molar-refractivity contribution in [1.29, 1.82) is 0 Å². The van der Waals surface area contributed by atoms with E-state index < -0.39 is 16.9 Å². The van der Waals surface area contributed by atoms with Gasteiger partial charge < -0.3 is 5.11 Å². The summed E-state index contributed by atoms with van der Waals surface area (Å²) in [5.41, 5.74) is 2.32. The van der Waals surface area contributed by atoms with Gasteiger partial charge in [-0.1, -0.05) is 30.0 Å². The number of nitrogens with zero attached hydrogens (tertiary/aromatic N) is 3. The lowest BCUT2D eigenvalue weighted by molar-refractivity contribution is -0.387. The molecule has 2 amide bonds. The zero-order valence-electron chi connectivity index (χ0n) is 19.2. The van der Waals surface area contributed by atoms with Gasteiger partial charge in [0.2, 0.25) is 0 Å². The maximum atomic E-state index is 12.9. The molecule has 2 atom stereocenters. The van der Waals surface area contributed by atoms with Crippen molar-refractivity contribution in [1.82, 2.24) is 10.3 Å². The Balaban J connectivity index is 1.27. The fraction of sp³-hybridized carbons (Fsp3) is 0.120. The van der Waals surface area contributed by atoms with Crippen LogP contribution >= 0.6 is 34.9 Å². The van der Waals surface area contributed by atoms with Crippen molar-refractivity contribution in [2.75, 3.05) is 10.7 Å². The molecule has 1 fully saturated rings. The highest BCUT2D eigenvalue weighted by molar-refractivity contribution is 8.01. The maximum Gasteiger partial charge on any atom is 0.321 e. The fourth-order valence-electron chi connectivity index (χ4n) is 4.33. The largest absolute Gasteiger partial charge is 0.480 e. The summed E-state index contributed by atoms with van der Waals surface area (Å²) in [6, 6.07) is 15.9. The number of benzene rings is 3. The van der Waals surface area contributed by atoms with E-state index in [1.807, 2.05) is 0 Å². The van der Waals surface area contributed by atoms with Crippen molar-refractivity contribution in [3.05, 3.63) is 87.5 Å². The highest BCUT2D eigenvalue weighted by Gasteiger charge is 2.36. The monoisotopic (exact) mass is 564 g/mol. The molecule has 13 heteroatoms. The molecule has 2 aliphatic rings. The van der Waals surface area contributed by atoms with E-state index in [2.05, 4.69) is 10.3 Å². The van der Waals surface area contributed by atoms with Crippen molar-refractivity contribution in [3.8, 4) is 0 Å². The summed E-state index contributed by atoms with van der Waals surface area (Å²) in [5.74, 6) is -1.35. The van der Waals surface area contributed by atoms with Crippen LogP contribution in [0.15, 0.2) is 69.9 Å². The van der Waals surface area contributed by atoms with Crippen LogP contribution in [0.1, 0.15) is 31.7 Å². The third kappa shape index (κ3) is 4.22. The number of thiazole rings is 1. The standard InChI is InChI=1S/C25H16N4O6S3/c30-22-14-3-1-2-4-15(14)23(31)28(22)13-6-7-16-20(10-13)38-25(27-16)37-19-8-5-12(9-18(19)29(34)35)21-26-17(11-36-21)24(32)33/h1-10,17,21,26H,11H2,(H,32,33)/t17-,21+/m0/s1. The van der Waals surface area contributed by atoms with E-state index in [1.54, 1.807) is 54.6 Å². The fourth-order valence-corrected chi connectivity index (χ4v) is 7.69. The van der Waals surface area contributed by atoms with Gasteiger partial charge in [-0.25, -0.2) is 9.88 Å². The zero-order valence-corrected chi connectivity index (χ0v) is 21.6. The number of rotatable bonds is 6. The van der Waals surface area contributed by atoms with Crippen molar-refractivity contribution in [2.45, 2.75) is 20.7 Å². The minimum Gasteiger partial charge on any atom is -0.480 e. The molecule has 0 unspecified atom stereocenters. The molecule has 190 valence electrons. The van der Waals surface area contributed by atoms with E-state index >= 15 is 0 Å². The number of amides is 2. The number of imide groups is 1. The Morgan fingerprint density at radius 1 is 1.11 bits per heavy atom. The molecular formula is C25H16N4O6S3. The molecule has 0 spiro atoms. The first kappa shape index (κ1) is 24.6. The van der Waals surface area contributed by atoms with E-state index in [-0.39, 0.29) is 22.9 Å². The van der Waals surface area contributed by atoms with Crippen molar-refractivity contribution in [2.24, 2.45) is 0 Å². The average molecular weight is 565 g/mol. The summed E-state index contributed by atoms with van der Waals surface area (Å²) in [5, 5.41) is 23.7. The topological polar surface area (TPSA) is 143 Å². The van der Waals surface area contributed by atoms with E-state index in [4.69, 9.17) is 0 Å². The van der Waals surface area contributed by atoms with Gasteiger partial charge >= 0.3 is 5.97 Å². The van der Waals surface area contributed by atoms with Crippen molar-refractivity contribution < 1.29 is 24.4 Å². The smallest absolute Gasteiger partial charge is 0.321 e. The molecule has 0 bridgehead atoms. The van der Waals surface area contributed by atoms with Crippen LogP contribution < -0.4 is 10.2 Å². The van der Waals surface area contributed by atoms with Gasteiger partial charge in [0.05, 0.1) is 42.2 Å². The van der Waals surface area contributed by atoms with Gasteiger partial charge in [-0.05, 0) is 42.0 Å². The Hall–Kier alpha value is -3.78. The molecule has 38 heavy (non-hydrogen) atoms. The van der Waals surface area contributed by atoms with E-state index in [0.29, 0.717) is 42.9 Å². The summed E-state index contributed by atoms with van der Waals surface area (Å²) >= 11 is 3.84. The molecule has 2 N–H and O–H groups in total. The number of carbonyl (C=O) groups is 3. The van der Waals surface area contributed by atoms with Crippen LogP contribution in [-0.2, 0) is 4.79 Å². The number of nitro benzene ring substituents is 1. The van der Waals surface area contributed by atoms with Gasteiger partial charge in [-0.15, -0.1) is 23.1 Å². The molecule has 3 aromatic carbocycles. The third-order valence-electron chi connectivity index (χ3n) is 6.16. The highest BCUT2D eigenvalue weighted by atomic mass is 32.2. The number of hydrogen-bond acceptors (Lipinski definition) is 10. The van der Waals surface area contributed by atoms with Crippen LogP contribution in [0.25, 0.3) is 10.2 Å². The summed E-state index contributed by atoms with van der Waals surface area (Å²) in [4.78, 5) is 54.5. The molecule has 4 aromatic rings. The number of carboxylic acids is 1. The normalized spacial score (nSPS) is 18.8. The first-order valence-electron chi connectivity index (χ1n) is 11.3. The number of anilines is 1. The molecular weight excluding hydrogens is 548 g/mol. The summed E-state index contributed by atoms with van der Waals surface area (Å²) < 4.78 is 1.29. The van der Waals surface area contributed by atoms with Gasteiger partial charge in [0.25, 0.3) is 17.5 Å². The van der Waals surface area contributed by atoms with E-state index in [1.165, 1.54) is 29.2 Å². The Bertz CT molecular complexity index is 1640. The molecule has 10 nitrogen and oxygen atoms in total. The predicted octanol–water partition coefficient (Wildman–Crippen LogP) is 4.94. The average Bonchev–Trinajstić information content (AvgIpc) is 3.61. The van der Waals surface area contributed by atoms with Gasteiger partial charge in [-0.2, -0.15) is 0 Å². The predicted molar refractivity (Wildman–Crippen MR) is 144 cm³/mol. The zero-order chi connectivity index (χ0) is 26.6. The van der Waals surface area contributed by atoms with Gasteiger partial charge in [-0.3, -0.25) is 29.8 Å². The lowest BCUT2D eigenvalue weighted by atomic mass is 10.1. The Morgan fingerprint density at radius 2 is 1.84 bits per heavy atom. The number of aromatic nitrogens is 1. The summed E-state index contributed by atoms with van der Waals surface area (Å²) in [7, 11) is 0. The third-order valence-corrected chi connectivity index (χ3v) is 9.58. The second-order valence-corrected chi connectivity index (χ2v) is 11.9. The number of carboxylic acid groups (broad SMARTS) is 1. The van der Waals surface area contributed by atoms with Crippen LogP contribution in [-0.4, -0.2) is 44.6 Å². The summed E-state index contributed by atoms with van der Waals surface area (Å²) in [6.45, 7) is 0. The van der Waals surface area contributed by atoms with Crippen LogP contribution in [0.5, 0.6) is 0 Å². The van der Waals surface area contributed by atoms with Gasteiger partial charge in [0, 0.05) is 11.8 Å². The molecule has 3 heterocycles. The highest BCUT2D eigenvalue weighted by Crippen LogP contribution is 2.42. The van der Waals surface area contributed by atoms with Gasteiger partial charge in [0.15, 0.2) is 4.34 Å². The van der Waals surface area contributed by atoms with Gasteiger partial charge in [0.1, 0.15) is 6.04 Å². The quantitative estimate of drug-likeness (QED) is 0.188. The van der Waals surface area contributed by atoms with Crippen molar-refractivity contribution in [3.63, 3.8) is 0 Å². The lowest BCUT2D eigenvalue weighted by Crippen LogP contribution is -2.33. The minimum absolute atomic E-state index is 0.0976.